The van der Waals surface area contributed by atoms with Crippen molar-refractivity contribution in [3.05, 3.63) is 100 Å². The fourth-order valence-electron chi connectivity index (χ4n) is 4.45. The zero-order valence-electron chi connectivity index (χ0n) is 19.2. The van der Waals surface area contributed by atoms with Gasteiger partial charge in [0.15, 0.2) is 0 Å². The van der Waals surface area contributed by atoms with Crippen LogP contribution in [-0.4, -0.2) is 18.4 Å². The molecule has 0 radical (unpaired) electrons. The van der Waals surface area contributed by atoms with Crippen LogP contribution < -0.4 is 15.4 Å². The van der Waals surface area contributed by atoms with Gasteiger partial charge >= 0.3 is 0 Å². The second-order valence-corrected chi connectivity index (χ2v) is 8.61. The summed E-state index contributed by atoms with van der Waals surface area (Å²) >= 11 is 0. The molecule has 1 aliphatic rings. The first-order valence-corrected chi connectivity index (χ1v) is 11.4. The van der Waals surface area contributed by atoms with Crippen LogP contribution in [-0.2, 0) is 17.8 Å². The predicted molar refractivity (Wildman–Crippen MR) is 129 cm³/mol. The molecule has 4 rings (SSSR count). The lowest BCUT2D eigenvalue weighted by atomic mass is 9.88. The molecule has 170 valence electrons. The molecular formula is C28H30N2O3. The Morgan fingerprint density at radius 3 is 2.42 bits per heavy atom. The Morgan fingerprint density at radius 2 is 1.67 bits per heavy atom. The van der Waals surface area contributed by atoms with E-state index in [2.05, 4.69) is 22.8 Å². The smallest absolute Gasteiger partial charge is 0.251 e. The van der Waals surface area contributed by atoms with Crippen LogP contribution in [0, 0.1) is 13.8 Å². The number of aryl methyl sites for hydroxylation is 3. The quantitative estimate of drug-likeness (QED) is 0.552. The molecule has 0 bridgehead atoms. The lowest BCUT2D eigenvalue weighted by Gasteiger charge is -2.26. The number of hydrogen-bond donors (Lipinski definition) is 2. The molecule has 3 aromatic rings. The maximum Gasteiger partial charge on any atom is 0.251 e. The van der Waals surface area contributed by atoms with Crippen molar-refractivity contribution in [1.29, 1.82) is 0 Å². The highest BCUT2D eigenvalue weighted by Crippen LogP contribution is 2.29. The summed E-state index contributed by atoms with van der Waals surface area (Å²) in [6, 6.07) is 21.8. The fraction of sp³-hybridized carbons (Fsp3) is 0.286. The minimum absolute atomic E-state index is 0.00453. The number of hydrogen-bond acceptors (Lipinski definition) is 3. The zero-order valence-corrected chi connectivity index (χ0v) is 19.2. The normalized spacial score (nSPS) is 14.8. The van der Waals surface area contributed by atoms with Gasteiger partial charge < -0.3 is 15.4 Å². The van der Waals surface area contributed by atoms with Crippen molar-refractivity contribution in [2.75, 3.05) is 6.54 Å². The minimum atomic E-state index is -0.269. The third kappa shape index (κ3) is 5.61. The van der Waals surface area contributed by atoms with Crippen LogP contribution in [0.15, 0.2) is 66.7 Å². The number of fused-ring (bicyclic) bond motifs is 1. The first-order chi connectivity index (χ1) is 16.0. The zero-order chi connectivity index (χ0) is 23.2. The van der Waals surface area contributed by atoms with Gasteiger partial charge in [-0.25, -0.2) is 0 Å². The molecule has 1 atom stereocenters. The number of nitrogens with one attached hydrogen (secondary N) is 2. The number of benzene rings is 3. The Balaban J connectivity index is 1.33. The number of carbonyl (C=O) groups is 2. The highest BCUT2D eigenvalue weighted by molar-refractivity contribution is 5.97. The van der Waals surface area contributed by atoms with Crippen molar-refractivity contribution in [3.63, 3.8) is 0 Å². The third-order valence-corrected chi connectivity index (χ3v) is 6.06. The van der Waals surface area contributed by atoms with Gasteiger partial charge in [-0.3, -0.25) is 9.59 Å². The lowest BCUT2D eigenvalue weighted by molar-refractivity contribution is -0.121. The molecular weight excluding hydrogens is 412 g/mol. The molecule has 0 aliphatic heterocycles. The van der Waals surface area contributed by atoms with E-state index in [0.29, 0.717) is 12.2 Å². The Hall–Kier alpha value is -3.60. The lowest BCUT2D eigenvalue weighted by Crippen LogP contribution is -2.39. The SMILES string of the molecule is Cc1cc(C(=O)NCC(=O)NC2CCCc3ccccc32)cc(C)c1OCc1ccccc1. The number of carbonyl (C=O) groups excluding carboxylic acids is 2. The molecule has 5 nitrogen and oxygen atoms in total. The van der Waals surface area contributed by atoms with Gasteiger partial charge in [0.05, 0.1) is 12.6 Å². The molecule has 3 aromatic carbocycles. The topological polar surface area (TPSA) is 67.4 Å². The first-order valence-electron chi connectivity index (χ1n) is 11.4. The van der Waals surface area contributed by atoms with Crippen LogP contribution >= 0.6 is 0 Å². The van der Waals surface area contributed by atoms with Crippen LogP contribution in [0.2, 0.25) is 0 Å². The summed E-state index contributed by atoms with van der Waals surface area (Å²) in [7, 11) is 0. The predicted octanol–water partition coefficient (Wildman–Crippen LogP) is 4.81. The summed E-state index contributed by atoms with van der Waals surface area (Å²) in [5.74, 6) is 0.334. The second-order valence-electron chi connectivity index (χ2n) is 8.61. The average molecular weight is 443 g/mol. The molecule has 1 unspecified atom stereocenters. The summed E-state index contributed by atoms with van der Waals surface area (Å²) < 4.78 is 6.00. The Bertz CT molecular complexity index is 1120. The summed E-state index contributed by atoms with van der Waals surface area (Å²) in [6.45, 7) is 4.27. The van der Waals surface area contributed by atoms with Crippen LogP contribution in [0.5, 0.6) is 5.75 Å². The fourth-order valence-corrected chi connectivity index (χ4v) is 4.45. The van der Waals surface area contributed by atoms with E-state index in [-0.39, 0.29) is 24.4 Å². The van der Waals surface area contributed by atoms with Gasteiger partial charge in [-0.2, -0.15) is 0 Å². The van der Waals surface area contributed by atoms with Gasteiger partial charge in [0.2, 0.25) is 5.91 Å². The Kier molecular flexibility index (Phi) is 7.08. The average Bonchev–Trinajstić information content (AvgIpc) is 2.83. The molecule has 0 saturated heterocycles. The van der Waals surface area contributed by atoms with Crippen LogP contribution in [0.1, 0.15) is 57.1 Å². The number of ether oxygens (including phenoxy) is 1. The van der Waals surface area contributed by atoms with E-state index in [1.807, 2.05) is 56.3 Å². The number of rotatable bonds is 7. The Labute approximate surface area is 195 Å². The molecule has 2 amide bonds. The van der Waals surface area contributed by atoms with Crippen molar-refractivity contribution in [2.45, 2.75) is 45.8 Å². The van der Waals surface area contributed by atoms with E-state index in [0.717, 1.165) is 41.7 Å². The van der Waals surface area contributed by atoms with Crippen molar-refractivity contribution in [1.82, 2.24) is 10.6 Å². The van der Waals surface area contributed by atoms with E-state index in [9.17, 15) is 9.59 Å². The molecule has 1 aliphatic carbocycles. The maximum absolute atomic E-state index is 12.7. The number of amides is 2. The monoisotopic (exact) mass is 442 g/mol. The largest absolute Gasteiger partial charge is 0.488 e. The van der Waals surface area contributed by atoms with E-state index in [1.165, 1.54) is 11.1 Å². The maximum atomic E-state index is 12.7. The van der Waals surface area contributed by atoms with Crippen molar-refractivity contribution < 1.29 is 14.3 Å². The molecule has 0 heterocycles. The molecule has 0 fully saturated rings. The second kappa shape index (κ2) is 10.3. The molecule has 2 N–H and O–H groups in total. The summed E-state index contributed by atoms with van der Waals surface area (Å²) in [5, 5.41) is 5.82. The van der Waals surface area contributed by atoms with Crippen molar-refractivity contribution in [3.8, 4) is 5.75 Å². The van der Waals surface area contributed by atoms with Crippen molar-refractivity contribution in [2.24, 2.45) is 0 Å². The van der Waals surface area contributed by atoms with Crippen LogP contribution in [0.4, 0.5) is 0 Å². The van der Waals surface area contributed by atoms with E-state index in [4.69, 9.17) is 4.74 Å². The van der Waals surface area contributed by atoms with E-state index >= 15 is 0 Å². The van der Waals surface area contributed by atoms with Crippen LogP contribution in [0.3, 0.4) is 0 Å². The van der Waals surface area contributed by atoms with E-state index in [1.54, 1.807) is 12.1 Å². The molecule has 0 saturated carbocycles. The molecule has 0 spiro atoms. The van der Waals surface area contributed by atoms with Crippen LogP contribution in [0.25, 0.3) is 0 Å². The van der Waals surface area contributed by atoms with Gasteiger partial charge in [-0.1, -0.05) is 54.6 Å². The molecule has 0 aromatic heterocycles. The van der Waals surface area contributed by atoms with Gasteiger partial charge in [0, 0.05) is 5.56 Å². The summed E-state index contributed by atoms with van der Waals surface area (Å²) in [4.78, 5) is 25.2. The van der Waals surface area contributed by atoms with Crippen molar-refractivity contribution >= 4 is 11.8 Å². The van der Waals surface area contributed by atoms with E-state index < -0.39 is 0 Å². The van der Waals surface area contributed by atoms with Gasteiger partial charge in [-0.15, -0.1) is 0 Å². The molecule has 33 heavy (non-hydrogen) atoms. The minimum Gasteiger partial charge on any atom is -0.488 e. The third-order valence-electron chi connectivity index (χ3n) is 6.06. The van der Waals surface area contributed by atoms with Gasteiger partial charge in [-0.05, 0) is 73.1 Å². The highest BCUT2D eigenvalue weighted by atomic mass is 16.5. The first kappa shape index (κ1) is 22.6. The summed E-state index contributed by atoms with van der Waals surface area (Å²) in [5.41, 5.74) is 5.86. The van der Waals surface area contributed by atoms with Gasteiger partial charge in [0.25, 0.3) is 5.91 Å². The Morgan fingerprint density at radius 1 is 0.970 bits per heavy atom. The van der Waals surface area contributed by atoms with Gasteiger partial charge in [0.1, 0.15) is 12.4 Å². The molecule has 5 heteroatoms. The summed E-state index contributed by atoms with van der Waals surface area (Å²) in [6.07, 6.45) is 3.01. The standard InChI is InChI=1S/C28H30N2O3/c1-19-15-23(16-20(2)27(19)33-18-21-9-4-3-5-10-21)28(32)29-17-26(31)30-25-14-8-12-22-11-6-7-13-24(22)25/h3-7,9-11,13,15-16,25H,8,12,14,17-18H2,1-2H3,(H,29,32)(H,30,31). The highest BCUT2D eigenvalue weighted by Gasteiger charge is 2.21.